The van der Waals surface area contributed by atoms with Crippen LogP contribution < -0.4 is 4.72 Å². The minimum absolute atomic E-state index is 0.221. The first-order valence-corrected chi connectivity index (χ1v) is 4.82. The molecule has 64 valence electrons. The third-order valence-corrected chi connectivity index (χ3v) is 2.64. The van der Waals surface area contributed by atoms with E-state index in [1.54, 1.807) is 0 Å². The summed E-state index contributed by atoms with van der Waals surface area (Å²) in [6, 6.07) is 0.221. The van der Waals surface area contributed by atoms with E-state index in [1.165, 1.54) is 0 Å². The Morgan fingerprint density at radius 1 is 1.73 bits per heavy atom. The molecule has 1 unspecified atom stereocenters. The summed E-state index contributed by atoms with van der Waals surface area (Å²) < 4.78 is 21.4. The zero-order chi connectivity index (χ0) is 8.27. The van der Waals surface area contributed by atoms with Crippen molar-refractivity contribution >= 4 is 11.3 Å². The van der Waals surface area contributed by atoms with Crippen LogP contribution in [0.4, 0.5) is 0 Å². The van der Waals surface area contributed by atoms with Crippen molar-refractivity contribution in [3.63, 3.8) is 0 Å². The van der Waals surface area contributed by atoms with Gasteiger partial charge in [0.05, 0.1) is 0 Å². The van der Waals surface area contributed by atoms with Crippen LogP contribution in [0.2, 0.25) is 0 Å². The highest BCUT2D eigenvalue weighted by Crippen LogP contribution is 2.30. The maximum absolute atomic E-state index is 10.3. The van der Waals surface area contributed by atoms with Crippen LogP contribution in [0.15, 0.2) is 12.7 Å². The number of rotatable bonds is 4. The van der Waals surface area contributed by atoms with Crippen LogP contribution in [0.3, 0.4) is 0 Å². The zero-order valence-electron chi connectivity index (χ0n) is 6.32. The number of nitrogens with one attached hydrogen (secondary N) is 1. The summed E-state index contributed by atoms with van der Waals surface area (Å²) in [5.41, 5.74) is 0. The number of hydrogen-bond acceptors (Lipinski definition) is 1. The molecule has 1 rings (SSSR count). The van der Waals surface area contributed by atoms with Crippen LogP contribution >= 0.6 is 0 Å². The Bertz CT molecular complexity index is 172. The average Bonchev–Trinajstić information content (AvgIpc) is 1.93. The summed E-state index contributed by atoms with van der Waals surface area (Å²) in [7, 11) is 0. The predicted octanol–water partition coefficient (Wildman–Crippen LogP) is 1.07. The fourth-order valence-corrected chi connectivity index (χ4v) is 1.92. The van der Waals surface area contributed by atoms with Crippen LogP contribution in [0, 0.1) is 5.92 Å². The van der Waals surface area contributed by atoms with Gasteiger partial charge in [-0.05, 0) is 25.2 Å². The standard InChI is InChI=1S/C7H13NO2S/c1-2-3-6-4-5-7(6)8-11(9)10/h2,6-8H,1,3-5H2,(H,9,10)/t6-,7-/m1/s1. The highest BCUT2D eigenvalue weighted by atomic mass is 32.2. The second-order valence-electron chi connectivity index (χ2n) is 2.84. The van der Waals surface area contributed by atoms with Crippen molar-refractivity contribution in [3.8, 4) is 0 Å². The first-order valence-electron chi connectivity index (χ1n) is 3.72. The lowest BCUT2D eigenvalue weighted by Gasteiger charge is -2.35. The fourth-order valence-electron chi connectivity index (χ4n) is 1.35. The van der Waals surface area contributed by atoms with Gasteiger partial charge in [-0.25, -0.2) is 8.93 Å². The van der Waals surface area contributed by atoms with E-state index >= 15 is 0 Å². The van der Waals surface area contributed by atoms with E-state index in [2.05, 4.69) is 11.3 Å². The Balaban J connectivity index is 2.25. The minimum Gasteiger partial charge on any atom is -0.294 e. The lowest BCUT2D eigenvalue weighted by Crippen LogP contribution is -2.44. The molecule has 4 heteroatoms. The molecule has 0 aliphatic heterocycles. The molecule has 0 saturated heterocycles. The summed E-state index contributed by atoms with van der Waals surface area (Å²) in [4.78, 5) is 0. The molecule has 3 atom stereocenters. The quantitative estimate of drug-likeness (QED) is 0.496. The van der Waals surface area contributed by atoms with Gasteiger partial charge in [-0.15, -0.1) is 6.58 Å². The van der Waals surface area contributed by atoms with E-state index in [0.717, 1.165) is 19.3 Å². The molecule has 1 saturated carbocycles. The lowest BCUT2D eigenvalue weighted by molar-refractivity contribution is 0.239. The van der Waals surface area contributed by atoms with Gasteiger partial charge in [-0.3, -0.25) is 4.55 Å². The first-order chi connectivity index (χ1) is 5.24. The first kappa shape index (κ1) is 8.90. The van der Waals surface area contributed by atoms with Gasteiger partial charge < -0.3 is 0 Å². The molecular weight excluding hydrogens is 162 g/mol. The van der Waals surface area contributed by atoms with Gasteiger partial charge in [0.2, 0.25) is 11.3 Å². The maximum atomic E-state index is 10.3. The molecule has 0 amide bonds. The Hall–Kier alpha value is -0.190. The Kier molecular flexibility index (Phi) is 3.23. The molecule has 0 bridgehead atoms. The highest BCUT2D eigenvalue weighted by Gasteiger charge is 2.30. The van der Waals surface area contributed by atoms with Crippen molar-refractivity contribution in [2.75, 3.05) is 0 Å². The molecule has 11 heavy (non-hydrogen) atoms. The summed E-state index contributed by atoms with van der Waals surface area (Å²) in [5.74, 6) is 0.517. The molecule has 0 aromatic carbocycles. The smallest absolute Gasteiger partial charge is 0.231 e. The summed E-state index contributed by atoms with van der Waals surface area (Å²) in [6.07, 6.45) is 4.94. The molecule has 0 heterocycles. The van der Waals surface area contributed by atoms with Crippen LogP contribution in [-0.4, -0.2) is 14.8 Å². The molecule has 0 aromatic rings. The summed E-state index contributed by atoms with van der Waals surface area (Å²) >= 11 is -1.85. The number of hydrogen-bond donors (Lipinski definition) is 2. The van der Waals surface area contributed by atoms with Crippen molar-refractivity contribution in [1.29, 1.82) is 0 Å². The fraction of sp³-hybridized carbons (Fsp3) is 0.714. The largest absolute Gasteiger partial charge is 0.294 e. The molecule has 2 N–H and O–H groups in total. The van der Waals surface area contributed by atoms with Crippen molar-refractivity contribution in [2.24, 2.45) is 5.92 Å². The molecule has 1 fully saturated rings. The predicted molar refractivity (Wildman–Crippen MR) is 45.2 cm³/mol. The van der Waals surface area contributed by atoms with E-state index in [4.69, 9.17) is 4.55 Å². The Morgan fingerprint density at radius 3 is 2.82 bits per heavy atom. The normalized spacial score (nSPS) is 32.5. The molecule has 3 nitrogen and oxygen atoms in total. The SMILES string of the molecule is C=CC[C@@H]1CC[C@H]1NS(=O)O. The molecule has 1 aliphatic carbocycles. The van der Waals surface area contributed by atoms with Crippen molar-refractivity contribution in [3.05, 3.63) is 12.7 Å². The zero-order valence-corrected chi connectivity index (χ0v) is 7.14. The van der Waals surface area contributed by atoms with Gasteiger partial charge in [-0.1, -0.05) is 6.08 Å². The van der Waals surface area contributed by atoms with E-state index in [1.807, 2.05) is 6.08 Å². The topological polar surface area (TPSA) is 49.3 Å². The third kappa shape index (κ3) is 2.39. The summed E-state index contributed by atoms with van der Waals surface area (Å²) in [5, 5.41) is 0. The second-order valence-corrected chi connectivity index (χ2v) is 3.57. The van der Waals surface area contributed by atoms with E-state index < -0.39 is 11.3 Å². The van der Waals surface area contributed by atoms with Gasteiger partial charge in [0.15, 0.2) is 0 Å². The Morgan fingerprint density at radius 2 is 2.45 bits per heavy atom. The van der Waals surface area contributed by atoms with E-state index in [0.29, 0.717) is 5.92 Å². The van der Waals surface area contributed by atoms with Gasteiger partial charge in [-0.2, -0.15) is 0 Å². The van der Waals surface area contributed by atoms with E-state index in [9.17, 15) is 4.21 Å². The van der Waals surface area contributed by atoms with Crippen LogP contribution in [0.1, 0.15) is 19.3 Å². The van der Waals surface area contributed by atoms with Crippen molar-refractivity contribution < 1.29 is 8.76 Å². The van der Waals surface area contributed by atoms with Gasteiger partial charge in [0.1, 0.15) is 0 Å². The maximum Gasteiger partial charge on any atom is 0.231 e. The average molecular weight is 175 g/mol. The van der Waals surface area contributed by atoms with Gasteiger partial charge >= 0.3 is 0 Å². The van der Waals surface area contributed by atoms with Gasteiger partial charge in [0, 0.05) is 6.04 Å². The van der Waals surface area contributed by atoms with Crippen LogP contribution in [0.25, 0.3) is 0 Å². The lowest BCUT2D eigenvalue weighted by atomic mass is 9.78. The molecular formula is C7H13NO2S. The molecule has 0 spiro atoms. The molecule has 1 aliphatic rings. The minimum atomic E-state index is -1.85. The van der Waals surface area contributed by atoms with Crippen molar-refractivity contribution in [1.82, 2.24) is 4.72 Å². The van der Waals surface area contributed by atoms with E-state index in [-0.39, 0.29) is 6.04 Å². The summed E-state index contributed by atoms with van der Waals surface area (Å²) in [6.45, 7) is 3.63. The third-order valence-electron chi connectivity index (χ3n) is 2.14. The number of allylic oxidation sites excluding steroid dienone is 1. The second kappa shape index (κ2) is 3.99. The Labute approximate surface area is 69.3 Å². The van der Waals surface area contributed by atoms with Gasteiger partial charge in [0.25, 0.3) is 0 Å². The van der Waals surface area contributed by atoms with Crippen LogP contribution in [0.5, 0.6) is 0 Å². The highest BCUT2D eigenvalue weighted by molar-refractivity contribution is 7.77. The molecule has 0 aromatic heterocycles. The molecule has 0 radical (unpaired) electrons. The van der Waals surface area contributed by atoms with Crippen LogP contribution in [-0.2, 0) is 11.3 Å². The monoisotopic (exact) mass is 175 g/mol. The van der Waals surface area contributed by atoms with Crippen molar-refractivity contribution in [2.45, 2.75) is 25.3 Å².